The molecule has 0 aliphatic carbocycles. The first-order chi connectivity index (χ1) is 15.7. The molecule has 0 aliphatic rings. The third-order valence-corrected chi connectivity index (χ3v) is 7.39. The van der Waals surface area contributed by atoms with Gasteiger partial charge in [-0.25, -0.2) is 36.9 Å². The lowest BCUT2D eigenvalue weighted by Gasteiger charge is -2.10. The monoisotopic (exact) mass is 488 g/mol. The number of amides is 2. The first kappa shape index (κ1) is 22.4. The highest BCUT2D eigenvalue weighted by Gasteiger charge is 2.20. The molecule has 0 saturated heterocycles. The van der Waals surface area contributed by atoms with Crippen LogP contribution in [0.25, 0.3) is 16.7 Å². The van der Waals surface area contributed by atoms with E-state index in [1.807, 2.05) is 4.72 Å². The van der Waals surface area contributed by atoms with Crippen LogP contribution in [0, 0.1) is 12.7 Å². The second kappa shape index (κ2) is 8.60. The van der Waals surface area contributed by atoms with Gasteiger partial charge in [-0.2, -0.15) is 0 Å². The fourth-order valence-corrected chi connectivity index (χ4v) is 5.18. The molecular weight excluding hydrogens is 471 g/mol. The average Bonchev–Trinajstić information content (AvgIpc) is 3.21. The first-order valence-electron chi connectivity index (χ1n) is 9.43. The van der Waals surface area contributed by atoms with E-state index in [9.17, 15) is 22.4 Å². The lowest BCUT2D eigenvalue weighted by Crippen LogP contribution is -2.34. The molecule has 0 bridgehead atoms. The second-order valence-electron chi connectivity index (χ2n) is 6.86. The number of hydrogen-bond acceptors (Lipinski definition) is 8. The standard InChI is InChI=1S/C20H17FN6O4S2/c1-11-3-6-17(32-11)33(30,31)26-20(29)25-13-7-15(21)18(23-9-13)27-10-24-16-8-12(22-2)4-5-14(16)19(27)28/h3-10,22H,1-2H3,(H2,25,26,29). The Morgan fingerprint density at radius 2 is 1.91 bits per heavy atom. The number of thiophene rings is 1. The number of aromatic nitrogens is 3. The van der Waals surface area contributed by atoms with Gasteiger partial charge in [-0.05, 0) is 37.3 Å². The van der Waals surface area contributed by atoms with Crippen molar-refractivity contribution in [3.05, 3.63) is 70.0 Å². The Bertz CT molecular complexity index is 1550. The number of aryl methyl sites for hydroxylation is 1. The molecule has 2 amide bonds. The molecule has 0 fully saturated rings. The highest BCUT2D eigenvalue weighted by Crippen LogP contribution is 2.21. The number of fused-ring (bicyclic) bond motifs is 1. The van der Waals surface area contributed by atoms with E-state index >= 15 is 0 Å². The van der Waals surface area contributed by atoms with Crippen molar-refractivity contribution in [1.29, 1.82) is 0 Å². The highest BCUT2D eigenvalue weighted by atomic mass is 32.2. The number of carbonyl (C=O) groups is 1. The normalized spacial score (nSPS) is 11.4. The van der Waals surface area contributed by atoms with Crippen molar-refractivity contribution in [2.24, 2.45) is 0 Å². The van der Waals surface area contributed by atoms with E-state index in [0.717, 1.165) is 45.1 Å². The summed E-state index contributed by atoms with van der Waals surface area (Å²) in [5.41, 5.74) is 0.568. The number of benzene rings is 1. The maximum absolute atomic E-state index is 14.7. The quantitative estimate of drug-likeness (QED) is 0.393. The Morgan fingerprint density at radius 1 is 1.12 bits per heavy atom. The number of anilines is 2. The molecule has 13 heteroatoms. The number of sulfonamides is 1. The van der Waals surface area contributed by atoms with Crippen molar-refractivity contribution in [3.63, 3.8) is 0 Å². The number of carbonyl (C=O) groups excluding carboxylic acids is 1. The maximum Gasteiger partial charge on any atom is 0.333 e. The fraction of sp³-hybridized carbons (Fsp3) is 0.100. The van der Waals surface area contributed by atoms with E-state index < -0.39 is 27.4 Å². The van der Waals surface area contributed by atoms with Crippen LogP contribution in [0.2, 0.25) is 0 Å². The van der Waals surface area contributed by atoms with Gasteiger partial charge in [-0.1, -0.05) is 0 Å². The lowest BCUT2D eigenvalue weighted by molar-refractivity contribution is 0.256. The molecule has 3 heterocycles. The largest absolute Gasteiger partial charge is 0.388 e. The molecule has 3 N–H and O–H groups in total. The maximum atomic E-state index is 14.7. The van der Waals surface area contributed by atoms with Crippen molar-refractivity contribution >= 4 is 49.7 Å². The minimum atomic E-state index is -4.07. The van der Waals surface area contributed by atoms with Crippen LogP contribution in [0.5, 0.6) is 0 Å². The minimum absolute atomic E-state index is 0.0279. The van der Waals surface area contributed by atoms with Crippen LogP contribution in [0.15, 0.2) is 57.9 Å². The summed E-state index contributed by atoms with van der Waals surface area (Å²) in [6, 6.07) is 7.77. The first-order valence-corrected chi connectivity index (χ1v) is 11.7. The van der Waals surface area contributed by atoms with E-state index in [1.54, 1.807) is 38.2 Å². The van der Waals surface area contributed by atoms with Crippen LogP contribution in [0.1, 0.15) is 4.88 Å². The van der Waals surface area contributed by atoms with Crippen LogP contribution in [0.3, 0.4) is 0 Å². The van der Waals surface area contributed by atoms with Crippen LogP contribution >= 0.6 is 11.3 Å². The van der Waals surface area contributed by atoms with E-state index in [0.29, 0.717) is 5.52 Å². The number of urea groups is 1. The summed E-state index contributed by atoms with van der Waals surface area (Å²) in [4.78, 5) is 33.7. The topological polar surface area (TPSA) is 135 Å². The SMILES string of the molecule is CNc1ccc2c(=O)n(-c3ncc(NC(=O)NS(=O)(=O)c4ccc(C)s4)cc3F)cnc2c1. The van der Waals surface area contributed by atoms with Crippen molar-refractivity contribution in [2.45, 2.75) is 11.1 Å². The molecule has 3 aromatic heterocycles. The number of hydrogen-bond donors (Lipinski definition) is 3. The average molecular weight is 489 g/mol. The zero-order valence-electron chi connectivity index (χ0n) is 17.3. The summed E-state index contributed by atoms with van der Waals surface area (Å²) in [6.45, 7) is 1.73. The third-order valence-electron chi connectivity index (χ3n) is 4.56. The summed E-state index contributed by atoms with van der Waals surface area (Å²) in [5, 5.41) is 5.43. The number of rotatable bonds is 5. The summed E-state index contributed by atoms with van der Waals surface area (Å²) in [7, 11) is -2.34. The molecule has 1 aromatic carbocycles. The van der Waals surface area contributed by atoms with E-state index in [1.165, 1.54) is 6.07 Å². The van der Waals surface area contributed by atoms with Gasteiger partial charge in [-0.3, -0.25) is 4.79 Å². The molecule has 0 radical (unpaired) electrons. The van der Waals surface area contributed by atoms with E-state index in [2.05, 4.69) is 20.6 Å². The summed E-state index contributed by atoms with van der Waals surface area (Å²) in [6.07, 6.45) is 2.26. The predicted octanol–water partition coefficient (Wildman–Crippen LogP) is 2.84. The molecule has 4 aromatic rings. The predicted molar refractivity (Wildman–Crippen MR) is 123 cm³/mol. The van der Waals surface area contributed by atoms with Crippen LogP contribution in [0.4, 0.5) is 20.6 Å². The molecule has 0 atom stereocenters. The molecule has 0 aliphatic heterocycles. The van der Waals surface area contributed by atoms with Crippen LogP contribution < -0.4 is 20.9 Å². The summed E-state index contributed by atoms with van der Waals surface area (Å²) >= 11 is 1.00. The molecule has 4 rings (SSSR count). The third kappa shape index (κ3) is 4.54. The van der Waals surface area contributed by atoms with Crippen molar-refractivity contribution < 1.29 is 17.6 Å². The molecule has 0 unspecified atom stereocenters. The molecule has 0 saturated carbocycles. The molecule has 10 nitrogen and oxygen atoms in total. The smallest absolute Gasteiger partial charge is 0.333 e. The van der Waals surface area contributed by atoms with Gasteiger partial charge in [0.05, 0.1) is 22.8 Å². The van der Waals surface area contributed by atoms with E-state index in [-0.39, 0.29) is 21.1 Å². The zero-order valence-corrected chi connectivity index (χ0v) is 18.9. The van der Waals surface area contributed by atoms with Crippen molar-refractivity contribution in [3.8, 4) is 5.82 Å². The zero-order chi connectivity index (χ0) is 23.8. The van der Waals surface area contributed by atoms with Gasteiger partial charge >= 0.3 is 6.03 Å². The minimum Gasteiger partial charge on any atom is -0.388 e. The van der Waals surface area contributed by atoms with Gasteiger partial charge in [-0.15, -0.1) is 11.3 Å². The number of nitrogens with zero attached hydrogens (tertiary/aromatic N) is 3. The number of pyridine rings is 1. The number of halogens is 1. The Balaban J connectivity index is 1.57. The van der Waals surface area contributed by atoms with Gasteiger partial charge in [0.15, 0.2) is 11.6 Å². The molecule has 0 spiro atoms. The van der Waals surface area contributed by atoms with Gasteiger partial charge in [0.2, 0.25) is 0 Å². The van der Waals surface area contributed by atoms with Crippen LogP contribution in [-0.2, 0) is 10.0 Å². The second-order valence-corrected chi connectivity index (χ2v) is 10.1. The van der Waals surface area contributed by atoms with Gasteiger partial charge in [0.25, 0.3) is 15.6 Å². The van der Waals surface area contributed by atoms with Gasteiger partial charge in [0.1, 0.15) is 10.5 Å². The molecule has 170 valence electrons. The fourth-order valence-electron chi connectivity index (χ4n) is 2.99. The molecule has 33 heavy (non-hydrogen) atoms. The molecular formula is C20H17FN6O4S2. The van der Waals surface area contributed by atoms with E-state index in [4.69, 9.17) is 0 Å². The Hall–Kier alpha value is -3.84. The summed E-state index contributed by atoms with van der Waals surface area (Å²) < 4.78 is 42.0. The van der Waals surface area contributed by atoms with Gasteiger partial charge in [0, 0.05) is 23.7 Å². The van der Waals surface area contributed by atoms with Gasteiger partial charge < -0.3 is 10.6 Å². The van der Waals surface area contributed by atoms with Crippen molar-refractivity contribution in [2.75, 3.05) is 17.7 Å². The Kier molecular flexibility index (Phi) is 5.82. The number of nitrogens with one attached hydrogen (secondary N) is 3. The summed E-state index contributed by atoms with van der Waals surface area (Å²) in [5.74, 6) is -1.24. The van der Waals surface area contributed by atoms with Crippen molar-refractivity contribution in [1.82, 2.24) is 19.3 Å². The Labute approximate surface area is 191 Å². The van der Waals surface area contributed by atoms with Crippen LogP contribution in [-0.4, -0.2) is 36.0 Å². The highest BCUT2D eigenvalue weighted by molar-refractivity contribution is 7.92. The Morgan fingerprint density at radius 3 is 2.58 bits per heavy atom. The lowest BCUT2D eigenvalue weighted by atomic mass is 10.2.